The number of aromatic amines is 1. The Morgan fingerprint density at radius 1 is 1.32 bits per heavy atom. The maximum absolute atomic E-state index is 12.4. The minimum absolute atomic E-state index is 0.0259. The number of rotatable bonds is 4. The molecule has 5 nitrogen and oxygen atoms in total. The molecular weight excluding hydrogens is 338 g/mol. The molecule has 0 saturated carbocycles. The quantitative estimate of drug-likeness (QED) is 0.777. The van der Waals surface area contributed by atoms with Gasteiger partial charge in [0.05, 0.1) is 11.0 Å². The zero-order valence-electron chi connectivity index (χ0n) is 13.9. The number of benzene rings is 2. The highest BCUT2D eigenvalue weighted by atomic mass is 35.5. The lowest BCUT2D eigenvalue weighted by atomic mass is 10.2. The van der Waals surface area contributed by atoms with Crippen LogP contribution in [0.1, 0.15) is 17.0 Å². The fourth-order valence-corrected chi connectivity index (χ4v) is 3.38. The van der Waals surface area contributed by atoms with E-state index in [2.05, 4.69) is 9.97 Å². The van der Waals surface area contributed by atoms with Gasteiger partial charge < -0.3 is 14.6 Å². The van der Waals surface area contributed by atoms with E-state index in [9.17, 15) is 4.79 Å². The first kappa shape index (κ1) is 16.1. The van der Waals surface area contributed by atoms with E-state index in [1.165, 1.54) is 5.56 Å². The number of aryl methyl sites for hydroxylation is 1. The first-order valence-electron chi connectivity index (χ1n) is 8.22. The molecular formula is C19H18ClN3O2. The largest absolute Gasteiger partial charge is 0.364 e. The number of nitrogens with zero attached hydrogens (tertiary/aromatic N) is 2. The number of ether oxygens (including phenoxy) is 1. The van der Waals surface area contributed by atoms with Gasteiger partial charge in [-0.05, 0) is 54.8 Å². The molecule has 25 heavy (non-hydrogen) atoms. The third-order valence-corrected chi connectivity index (χ3v) is 4.62. The Bertz CT molecular complexity index is 951. The van der Waals surface area contributed by atoms with Crippen molar-refractivity contribution >= 4 is 34.2 Å². The Hall–Kier alpha value is -2.37. The second-order valence-corrected chi connectivity index (χ2v) is 6.70. The van der Waals surface area contributed by atoms with E-state index in [1.54, 1.807) is 4.90 Å². The normalized spacial score (nSPS) is 13.4. The van der Waals surface area contributed by atoms with Gasteiger partial charge in [-0.2, -0.15) is 0 Å². The van der Waals surface area contributed by atoms with Crippen LogP contribution in [0.2, 0.25) is 5.02 Å². The van der Waals surface area contributed by atoms with Crippen molar-refractivity contribution in [3.63, 3.8) is 0 Å². The van der Waals surface area contributed by atoms with E-state index in [1.807, 2.05) is 43.3 Å². The first-order valence-corrected chi connectivity index (χ1v) is 8.60. The van der Waals surface area contributed by atoms with Crippen molar-refractivity contribution in [1.29, 1.82) is 0 Å². The topological polar surface area (TPSA) is 58.2 Å². The Morgan fingerprint density at radius 3 is 3.08 bits per heavy atom. The maximum Gasteiger partial charge on any atom is 0.253 e. The summed E-state index contributed by atoms with van der Waals surface area (Å²) in [5, 5.41) is 0.699. The van der Waals surface area contributed by atoms with Crippen LogP contribution in [0.3, 0.4) is 0 Å². The summed E-state index contributed by atoms with van der Waals surface area (Å²) >= 11 is 6.01. The van der Waals surface area contributed by atoms with Gasteiger partial charge in [-0.1, -0.05) is 17.7 Å². The second-order valence-electron chi connectivity index (χ2n) is 6.27. The molecule has 4 rings (SSSR count). The zero-order valence-corrected chi connectivity index (χ0v) is 14.6. The molecule has 6 heteroatoms. The number of nitrogens with one attached hydrogen (secondary N) is 1. The Balaban J connectivity index is 1.38. The van der Waals surface area contributed by atoms with Crippen molar-refractivity contribution < 1.29 is 9.53 Å². The number of imidazole rings is 1. The number of halogens is 1. The molecule has 1 N–H and O–H groups in total. The lowest BCUT2D eigenvalue weighted by Gasteiger charge is -2.17. The molecule has 1 aromatic heterocycles. The molecule has 128 valence electrons. The van der Waals surface area contributed by atoms with Crippen LogP contribution in [-0.2, 0) is 22.6 Å². The first-order chi connectivity index (χ1) is 12.1. The van der Waals surface area contributed by atoms with Crippen LogP contribution in [-0.4, -0.2) is 29.0 Å². The van der Waals surface area contributed by atoms with Crippen molar-refractivity contribution in [3.8, 4) is 0 Å². The van der Waals surface area contributed by atoms with Gasteiger partial charge in [0.15, 0.2) is 0 Å². The fourth-order valence-electron chi connectivity index (χ4n) is 3.19. The number of hydrogen-bond acceptors (Lipinski definition) is 3. The molecule has 0 radical (unpaired) electrons. The van der Waals surface area contributed by atoms with Gasteiger partial charge in [-0.3, -0.25) is 4.79 Å². The summed E-state index contributed by atoms with van der Waals surface area (Å²) in [6.07, 6.45) is 0.824. The summed E-state index contributed by atoms with van der Waals surface area (Å²) in [5.74, 6) is 0.676. The molecule has 0 unspecified atom stereocenters. The SMILES string of the molecule is Cc1ccc2nc(COCC(=O)N3CCc4cc(Cl)ccc43)[nH]c2c1. The Morgan fingerprint density at radius 2 is 2.20 bits per heavy atom. The summed E-state index contributed by atoms with van der Waals surface area (Å²) in [6, 6.07) is 11.7. The van der Waals surface area contributed by atoms with Gasteiger partial charge in [-0.15, -0.1) is 0 Å². The van der Waals surface area contributed by atoms with Gasteiger partial charge in [0.25, 0.3) is 5.91 Å². The van der Waals surface area contributed by atoms with Gasteiger partial charge in [0, 0.05) is 17.3 Å². The average Bonchev–Trinajstić information content (AvgIpc) is 3.17. The minimum atomic E-state index is -0.0481. The molecule has 2 aromatic carbocycles. The van der Waals surface area contributed by atoms with E-state index < -0.39 is 0 Å². The summed E-state index contributed by atoms with van der Waals surface area (Å²) in [7, 11) is 0. The van der Waals surface area contributed by atoms with E-state index in [0.29, 0.717) is 11.6 Å². The van der Waals surface area contributed by atoms with E-state index in [-0.39, 0.29) is 19.1 Å². The fraction of sp³-hybridized carbons (Fsp3) is 0.263. The van der Waals surface area contributed by atoms with Gasteiger partial charge >= 0.3 is 0 Å². The summed E-state index contributed by atoms with van der Waals surface area (Å²) < 4.78 is 5.58. The van der Waals surface area contributed by atoms with E-state index in [0.717, 1.165) is 34.5 Å². The molecule has 0 fully saturated rings. The van der Waals surface area contributed by atoms with Crippen LogP contribution in [0.4, 0.5) is 5.69 Å². The predicted molar refractivity (Wildman–Crippen MR) is 98.0 cm³/mol. The molecule has 0 aliphatic carbocycles. The molecule has 1 aliphatic heterocycles. The number of hydrogen-bond donors (Lipinski definition) is 1. The average molecular weight is 356 g/mol. The highest BCUT2D eigenvalue weighted by molar-refractivity contribution is 6.30. The van der Waals surface area contributed by atoms with Gasteiger partial charge in [-0.25, -0.2) is 4.98 Å². The highest BCUT2D eigenvalue weighted by Crippen LogP contribution is 2.30. The van der Waals surface area contributed by atoms with E-state index in [4.69, 9.17) is 16.3 Å². The highest BCUT2D eigenvalue weighted by Gasteiger charge is 2.24. The number of anilines is 1. The molecule has 1 aliphatic rings. The number of carbonyl (C=O) groups excluding carboxylic acids is 1. The van der Waals surface area contributed by atoms with Crippen molar-refractivity contribution in [2.45, 2.75) is 20.0 Å². The Labute approximate surface area is 150 Å². The molecule has 0 saturated heterocycles. The Kier molecular flexibility index (Phi) is 4.19. The van der Waals surface area contributed by atoms with Crippen molar-refractivity contribution in [1.82, 2.24) is 9.97 Å². The molecule has 2 heterocycles. The van der Waals surface area contributed by atoms with Crippen LogP contribution in [0.15, 0.2) is 36.4 Å². The number of amides is 1. The van der Waals surface area contributed by atoms with Crippen LogP contribution < -0.4 is 4.90 Å². The standard InChI is InChI=1S/C19H18ClN3O2/c1-12-2-4-15-16(8-12)22-18(21-15)10-25-11-19(24)23-7-6-13-9-14(20)3-5-17(13)23/h2-5,8-9H,6-7,10-11H2,1H3,(H,21,22). The monoisotopic (exact) mass is 355 g/mol. The molecule has 3 aromatic rings. The minimum Gasteiger partial charge on any atom is -0.364 e. The molecule has 0 atom stereocenters. The second kappa shape index (κ2) is 6.50. The lowest BCUT2D eigenvalue weighted by Crippen LogP contribution is -2.32. The summed E-state index contributed by atoms with van der Waals surface area (Å²) in [6.45, 7) is 3.01. The molecule has 1 amide bonds. The number of fused-ring (bicyclic) bond motifs is 2. The van der Waals surface area contributed by atoms with Crippen molar-refractivity contribution in [2.75, 3.05) is 18.1 Å². The van der Waals surface area contributed by atoms with Gasteiger partial charge in [0.2, 0.25) is 0 Å². The number of aromatic nitrogens is 2. The zero-order chi connectivity index (χ0) is 17.4. The number of H-pyrrole nitrogens is 1. The third kappa shape index (κ3) is 3.25. The number of carbonyl (C=O) groups is 1. The predicted octanol–water partition coefficient (Wildman–Crippen LogP) is 3.63. The molecule has 0 spiro atoms. The van der Waals surface area contributed by atoms with Crippen LogP contribution in [0.5, 0.6) is 0 Å². The molecule has 0 bridgehead atoms. The smallest absolute Gasteiger partial charge is 0.253 e. The van der Waals surface area contributed by atoms with Gasteiger partial charge in [0.1, 0.15) is 19.0 Å². The van der Waals surface area contributed by atoms with E-state index >= 15 is 0 Å². The third-order valence-electron chi connectivity index (χ3n) is 4.39. The van der Waals surface area contributed by atoms with Crippen molar-refractivity contribution in [3.05, 3.63) is 58.4 Å². The van der Waals surface area contributed by atoms with Crippen LogP contribution >= 0.6 is 11.6 Å². The lowest BCUT2D eigenvalue weighted by molar-refractivity contribution is -0.123. The van der Waals surface area contributed by atoms with Crippen molar-refractivity contribution in [2.24, 2.45) is 0 Å². The summed E-state index contributed by atoms with van der Waals surface area (Å²) in [4.78, 5) is 21.9. The summed E-state index contributed by atoms with van der Waals surface area (Å²) in [5.41, 5.74) is 5.09. The van der Waals surface area contributed by atoms with Crippen LogP contribution in [0.25, 0.3) is 11.0 Å². The maximum atomic E-state index is 12.4. The van der Waals surface area contributed by atoms with Crippen LogP contribution in [0, 0.1) is 6.92 Å².